The minimum atomic E-state index is -0.923. The number of imidazole rings is 1. The Morgan fingerprint density at radius 3 is 2.90 bits per heavy atom. The number of rotatable bonds is 6. The van der Waals surface area contributed by atoms with Gasteiger partial charge >= 0.3 is 5.82 Å². The van der Waals surface area contributed by atoms with E-state index in [2.05, 4.69) is 4.98 Å². The van der Waals surface area contributed by atoms with E-state index in [4.69, 9.17) is 16.3 Å². The maximum atomic E-state index is 10.9. The minimum absolute atomic E-state index is 0.0204. The van der Waals surface area contributed by atoms with Crippen LogP contribution in [0.25, 0.3) is 0 Å². The molecule has 0 saturated carbocycles. The van der Waals surface area contributed by atoms with Gasteiger partial charge in [0.2, 0.25) is 0 Å². The van der Waals surface area contributed by atoms with E-state index in [1.54, 1.807) is 31.2 Å². The highest BCUT2D eigenvalue weighted by Crippen LogP contribution is 2.23. The Balaban J connectivity index is 1.99. The van der Waals surface area contributed by atoms with E-state index in [1.165, 1.54) is 4.57 Å². The quantitative estimate of drug-likeness (QED) is 0.652. The highest BCUT2D eigenvalue weighted by Gasteiger charge is 2.21. The Morgan fingerprint density at radius 2 is 2.24 bits per heavy atom. The summed E-state index contributed by atoms with van der Waals surface area (Å²) in [5.74, 6) is 0.748. The van der Waals surface area contributed by atoms with Crippen LogP contribution in [0, 0.1) is 17.0 Å². The van der Waals surface area contributed by atoms with Crippen LogP contribution in [0.2, 0.25) is 5.02 Å². The lowest BCUT2D eigenvalue weighted by molar-refractivity contribution is -0.392. The average molecular weight is 312 g/mol. The number of nitrogens with zero attached hydrogens (tertiary/aromatic N) is 3. The van der Waals surface area contributed by atoms with Crippen LogP contribution >= 0.6 is 11.6 Å². The monoisotopic (exact) mass is 311 g/mol. The smallest absolute Gasteiger partial charge is 0.342 e. The second kappa shape index (κ2) is 6.55. The lowest BCUT2D eigenvalue weighted by atomic mass is 10.3. The minimum Gasteiger partial charge on any atom is -0.489 e. The molecule has 0 radical (unpaired) electrons. The predicted octanol–water partition coefficient (Wildman–Crippen LogP) is 2.19. The van der Waals surface area contributed by atoms with Crippen LogP contribution in [0.5, 0.6) is 5.75 Å². The molecule has 0 aliphatic heterocycles. The van der Waals surface area contributed by atoms with Crippen LogP contribution in [-0.2, 0) is 6.54 Å². The van der Waals surface area contributed by atoms with Crippen LogP contribution in [0.1, 0.15) is 5.82 Å². The van der Waals surface area contributed by atoms with Gasteiger partial charge in [0.1, 0.15) is 31.2 Å². The van der Waals surface area contributed by atoms with E-state index in [-0.39, 0.29) is 19.0 Å². The van der Waals surface area contributed by atoms with Crippen LogP contribution in [0.4, 0.5) is 5.82 Å². The van der Waals surface area contributed by atoms with Gasteiger partial charge < -0.3 is 20.0 Å². The molecule has 0 spiro atoms. The fraction of sp³-hybridized carbons (Fsp3) is 0.308. The van der Waals surface area contributed by atoms with E-state index in [1.807, 2.05) is 0 Å². The standard InChI is InChI=1S/C13H14ClN3O4/c1-9-15-6-13(17(19)20)16(9)7-10(18)8-21-12-5-3-2-4-11(12)14/h2-6,10,18H,7-8H2,1H3. The van der Waals surface area contributed by atoms with E-state index >= 15 is 0 Å². The fourth-order valence-electron chi connectivity index (χ4n) is 1.84. The van der Waals surface area contributed by atoms with Crippen molar-refractivity contribution in [1.82, 2.24) is 9.55 Å². The zero-order chi connectivity index (χ0) is 15.4. The summed E-state index contributed by atoms with van der Waals surface area (Å²) < 4.78 is 6.74. The number of benzene rings is 1. The van der Waals surface area contributed by atoms with Gasteiger partial charge in [-0.2, -0.15) is 0 Å². The number of aliphatic hydroxyl groups is 1. The first-order valence-corrected chi connectivity index (χ1v) is 6.58. The summed E-state index contributed by atoms with van der Waals surface area (Å²) in [4.78, 5) is 14.2. The van der Waals surface area contributed by atoms with Crippen LogP contribution in [-0.4, -0.2) is 32.3 Å². The third kappa shape index (κ3) is 3.71. The van der Waals surface area contributed by atoms with Crippen molar-refractivity contribution in [2.75, 3.05) is 6.61 Å². The molecule has 1 unspecified atom stereocenters. The molecule has 0 aliphatic rings. The second-order valence-corrected chi connectivity index (χ2v) is 4.83. The van der Waals surface area contributed by atoms with E-state index in [0.29, 0.717) is 16.6 Å². The molecule has 2 rings (SSSR count). The normalized spacial score (nSPS) is 12.1. The Bertz CT molecular complexity index is 644. The largest absolute Gasteiger partial charge is 0.489 e. The predicted molar refractivity (Wildman–Crippen MR) is 76.6 cm³/mol. The van der Waals surface area contributed by atoms with Crippen molar-refractivity contribution in [3.8, 4) is 5.75 Å². The molecule has 21 heavy (non-hydrogen) atoms. The molecule has 0 bridgehead atoms. The molecule has 1 aromatic carbocycles. The maximum absolute atomic E-state index is 10.9. The molecule has 1 atom stereocenters. The van der Waals surface area contributed by atoms with Gasteiger partial charge in [-0.25, -0.2) is 9.55 Å². The van der Waals surface area contributed by atoms with E-state index in [0.717, 1.165) is 6.20 Å². The molecule has 2 aromatic rings. The number of hydrogen-bond acceptors (Lipinski definition) is 5. The van der Waals surface area contributed by atoms with Crippen LogP contribution in [0.15, 0.2) is 30.5 Å². The molecule has 8 heteroatoms. The van der Waals surface area contributed by atoms with Crippen molar-refractivity contribution in [3.63, 3.8) is 0 Å². The average Bonchev–Trinajstić information content (AvgIpc) is 2.79. The summed E-state index contributed by atoms with van der Waals surface area (Å²) in [6.07, 6.45) is 0.240. The number of aryl methyl sites for hydroxylation is 1. The summed E-state index contributed by atoms with van der Waals surface area (Å²) in [6, 6.07) is 6.89. The summed E-state index contributed by atoms with van der Waals surface area (Å²) in [5, 5.41) is 21.3. The van der Waals surface area contributed by atoms with Gasteiger partial charge in [-0.05, 0) is 17.1 Å². The van der Waals surface area contributed by atoms with Crippen LogP contribution < -0.4 is 4.74 Å². The topological polar surface area (TPSA) is 90.4 Å². The van der Waals surface area contributed by atoms with Gasteiger partial charge in [0.25, 0.3) is 0 Å². The van der Waals surface area contributed by atoms with E-state index < -0.39 is 11.0 Å². The van der Waals surface area contributed by atoms with Crippen molar-refractivity contribution < 1.29 is 14.8 Å². The lowest BCUT2D eigenvalue weighted by Crippen LogP contribution is -2.24. The molecule has 0 amide bonds. The molecule has 7 nitrogen and oxygen atoms in total. The Morgan fingerprint density at radius 1 is 1.52 bits per heavy atom. The highest BCUT2D eigenvalue weighted by molar-refractivity contribution is 6.32. The first-order chi connectivity index (χ1) is 9.99. The molecule has 112 valence electrons. The number of aliphatic hydroxyl groups excluding tert-OH is 1. The Labute approximate surface area is 125 Å². The van der Waals surface area contributed by atoms with Crippen LogP contribution in [0.3, 0.4) is 0 Å². The summed E-state index contributed by atoms with van der Waals surface area (Å²) in [7, 11) is 0. The van der Waals surface area contributed by atoms with Gasteiger partial charge in [0.15, 0.2) is 5.82 Å². The summed E-state index contributed by atoms with van der Waals surface area (Å²) >= 11 is 5.93. The molecular formula is C13H14ClN3O4. The van der Waals surface area contributed by atoms with Crippen molar-refractivity contribution in [3.05, 3.63) is 51.4 Å². The first-order valence-electron chi connectivity index (χ1n) is 6.21. The SMILES string of the molecule is Cc1ncc([N+](=O)[O-])n1CC(O)COc1ccccc1Cl. The molecule has 0 saturated heterocycles. The van der Waals surface area contributed by atoms with Crippen molar-refractivity contribution >= 4 is 17.4 Å². The maximum Gasteiger partial charge on any atom is 0.342 e. The third-order valence-corrected chi connectivity index (χ3v) is 3.19. The second-order valence-electron chi connectivity index (χ2n) is 4.43. The zero-order valence-corrected chi connectivity index (χ0v) is 12.0. The van der Waals surface area contributed by atoms with Gasteiger partial charge in [-0.3, -0.25) is 0 Å². The van der Waals surface area contributed by atoms with Gasteiger partial charge in [-0.1, -0.05) is 23.7 Å². The van der Waals surface area contributed by atoms with Crippen molar-refractivity contribution in [2.24, 2.45) is 0 Å². The highest BCUT2D eigenvalue weighted by atomic mass is 35.5. The number of hydrogen-bond donors (Lipinski definition) is 1. The summed E-state index contributed by atoms with van der Waals surface area (Å²) in [6.45, 7) is 1.62. The number of nitro groups is 1. The van der Waals surface area contributed by atoms with E-state index in [9.17, 15) is 15.2 Å². The number of ether oxygens (including phenoxy) is 1. The van der Waals surface area contributed by atoms with Gasteiger partial charge in [0.05, 0.1) is 5.02 Å². The van der Waals surface area contributed by atoms with Gasteiger partial charge in [0, 0.05) is 6.92 Å². The van der Waals surface area contributed by atoms with Crippen molar-refractivity contribution in [1.29, 1.82) is 0 Å². The van der Waals surface area contributed by atoms with Gasteiger partial charge in [-0.15, -0.1) is 0 Å². The molecule has 1 aromatic heterocycles. The first kappa shape index (κ1) is 15.3. The zero-order valence-electron chi connectivity index (χ0n) is 11.3. The Hall–Kier alpha value is -2.12. The molecule has 0 fully saturated rings. The third-order valence-electron chi connectivity index (χ3n) is 2.88. The lowest BCUT2D eigenvalue weighted by Gasteiger charge is -2.12. The van der Waals surface area contributed by atoms with Crippen molar-refractivity contribution in [2.45, 2.75) is 19.6 Å². The number of para-hydroxylation sites is 1. The molecular weight excluding hydrogens is 298 g/mol. The number of halogens is 1. The molecule has 0 aliphatic carbocycles. The fourth-order valence-corrected chi connectivity index (χ4v) is 2.03. The summed E-state index contributed by atoms with van der Waals surface area (Å²) in [5.41, 5.74) is 0. The Kier molecular flexibility index (Phi) is 4.77. The molecule has 1 heterocycles. The number of aromatic nitrogens is 2. The molecule has 1 N–H and O–H groups in total.